The Morgan fingerprint density at radius 2 is 1.78 bits per heavy atom. The third kappa shape index (κ3) is 6.64. The molecule has 3 aliphatic heterocycles. The van der Waals surface area contributed by atoms with E-state index in [-0.39, 0.29) is 43.8 Å². The van der Waals surface area contributed by atoms with E-state index in [2.05, 4.69) is 39.5 Å². The van der Waals surface area contributed by atoms with Crippen LogP contribution in [0.4, 0.5) is 0 Å². The first-order valence-corrected chi connectivity index (χ1v) is 20.9. The molecule has 2 aromatic carbocycles. The first kappa shape index (κ1) is 36.5. The molecular weight excluding hydrogens is 705 g/mol. The summed E-state index contributed by atoms with van der Waals surface area (Å²) in [6.07, 6.45) is 13.5. The highest BCUT2D eigenvalue weighted by atomic mass is 32.2. The van der Waals surface area contributed by atoms with Gasteiger partial charge in [0.15, 0.2) is 0 Å². The molecule has 2 saturated heterocycles. The summed E-state index contributed by atoms with van der Waals surface area (Å²) in [5.41, 5.74) is 7.70. The maximum atomic E-state index is 14.4. The summed E-state index contributed by atoms with van der Waals surface area (Å²) in [7, 11) is -0.503. The van der Waals surface area contributed by atoms with Crippen molar-refractivity contribution in [3.8, 4) is 17.0 Å². The van der Waals surface area contributed by atoms with Gasteiger partial charge < -0.3 is 18.9 Å². The van der Waals surface area contributed by atoms with Gasteiger partial charge in [-0.2, -0.15) is 17.8 Å². The Morgan fingerprint density at radius 1 is 0.981 bits per heavy atom. The summed E-state index contributed by atoms with van der Waals surface area (Å²) in [4.78, 5) is 30.1. The number of ether oxygens (including phenoxy) is 2. The third-order valence-electron chi connectivity index (χ3n) is 11.8. The third-order valence-corrected chi connectivity index (χ3v) is 13.3. The Balaban J connectivity index is 1.29. The molecule has 0 unspecified atom stereocenters. The Morgan fingerprint density at radius 3 is 2.54 bits per heavy atom. The molecule has 0 bridgehead atoms. The largest absolute Gasteiger partial charge is 0.497 e. The highest BCUT2D eigenvalue weighted by molar-refractivity contribution is 7.87. The van der Waals surface area contributed by atoms with Gasteiger partial charge in [-0.3, -0.25) is 14.3 Å². The number of nitrogens with one attached hydrogen (secondary N) is 1. The van der Waals surface area contributed by atoms with Crippen molar-refractivity contribution in [3.05, 3.63) is 70.5 Å². The number of morpholine rings is 1. The van der Waals surface area contributed by atoms with Crippen molar-refractivity contribution in [2.75, 3.05) is 40.0 Å². The van der Waals surface area contributed by atoms with Crippen LogP contribution in [0.5, 0.6) is 5.75 Å². The van der Waals surface area contributed by atoms with Crippen molar-refractivity contribution in [2.45, 2.75) is 83.2 Å². The zero-order valence-corrected chi connectivity index (χ0v) is 32.3. The lowest BCUT2D eigenvalue weighted by Crippen LogP contribution is -2.48. The number of nitrogens with zero attached hydrogens (tertiary/aromatic N) is 5. The van der Waals surface area contributed by atoms with E-state index in [1.54, 1.807) is 24.1 Å². The number of amides is 2. The number of carbonyl (C=O) groups excluding carboxylic acids is 2. The number of aromatic nitrogens is 3. The topological polar surface area (TPSA) is 128 Å². The van der Waals surface area contributed by atoms with Gasteiger partial charge >= 0.3 is 10.2 Å². The number of allylic oxidation sites excluding steroid dienone is 1. The number of aryl methyl sites for hydroxylation is 1. The van der Waals surface area contributed by atoms with Gasteiger partial charge in [-0.05, 0) is 91.1 Å². The van der Waals surface area contributed by atoms with Gasteiger partial charge in [-0.1, -0.05) is 38.7 Å². The molecule has 1 saturated carbocycles. The number of carbonyl (C=O) groups is 2. The van der Waals surface area contributed by atoms with Crippen LogP contribution in [0, 0.1) is 0 Å². The minimum atomic E-state index is -4.06. The maximum absolute atomic E-state index is 14.4. The van der Waals surface area contributed by atoms with Crippen molar-refractivity contribution in [2.24, 2.45) is 7.05 Å². The molecule has 5 heterocycles. The highest BCUT2D eigenvalue weighted by Gasteiger charge is 2.35. The van der Waals surface area contributed by atoms with Gasteiger partial charge in [-0.15, -0.1) is 0 Å². The fraction of sp³-hybridized carbons (Fsp3) is 0.488. The lowest BCUT2D eigenvalue weighted by Gasteiger charge is -2.25. The molecule has 4 aliphatic rings. The summed E-state index contributed by atoms with van der Waals surface area (Å²) in [6, 6.07) is 11.9. The molecule has 0 spiro atoms. The van der Waals surface area contributed by atoms with Crippen molar-refractivity contribution < 1.29 is 27.5 Å². The zero-order valence-electron chi connectivity index (χ0n) is 31.5. The lowest BCUT2D eigenvalue weighted by molar-refractivity contribution is 0.0719. The van der Waals surface area contributed by atoms with E-state index >= 15 is 0 Å². The second-order valence-electron chi connectivity index (χ2n) is 15.1. The average molecular weight is 755 g/mol. The van der Waals surface area contributed by atoms with Crippen LogP contribution in [0.1, 0.15) is 108 Å². The Bertz CT molecular complexity index is 2230. The number of benzene rings is 2. The van der Waals surface area contributed by atoms with Crippen LogP contribution in [0.3, 0.4) is 0 Å². The van der Waals surface area contributed by atoms with Crippen LogP contribution in [0.25, 0.3) is 33.8 Å². The molecule has 0 radical (unpaired) electrons. The summed E-state index contributed by atoms with van der Waals surface area (Å²) in [5, 5.41) is 5.70. The number of likely N-dealkylation sites (tertiary alicyclic amines) is 1. The molecule has 1 atom stereocenters. The second kappa shape index (κ2) is 15.0. The van der Waals surface area contributed by atoms with Crippen LogP contribution in [-0.2, 0) is 28.5 Å². The first-order chi connectivity index (χ1) is 26.2. The number of hydrogen-bond acceptors (Lipinski definition) is 7. The van der Waals surface area contributed by atoms with E-state index in [1.807, 2.05) is 30.1 Å². The number of rotatable bonds is 9. The van der Waals surface area contributed by atoms with E-state index in [9.17, 15) is 18.0 Å². The summed E-state index contributed by atoms with van der Waals surface area (Å²) >= 11 is 0. The quantitative estimate of drug-likeness (QED) is 0.211. The molecule has 2 aromatic heterocycles. The van der Waals surface area contributed by atoms with E-state index in [1.165, 1.54) is 16.3 Å². The average Bonchev–Trinajstić information content (AvgIpc) is 3.87. The molecule has 4 aromatic rings. The Kier molecular flexibility index (Phi) is 10.1. The van der Waals surface area contributed by atoms with Crippen LogP contribution >= 0.6 is 0 Å². The minimum absolute atomic E-state index is 0.00554. The van der Waals surface area contributed by atoms with Gasteiger partial charge in [0.05, 0.1) is 50.0 Å². The standard InChI is InChI=1S/C41H50N6O6S/c1-4-9-31-12-8-17-46(31)41(49)35-25-42-44(2)38(35)30-22-29-23-32(52-3)14-16-33(29)39-37(27-10-6-5-7-11-27)34-15-13-28(24-36(34)47(39)26-30)40(48)43-54(50,51)45-18-20-53-21-19-45/h13-16,22-25,27,31H,4-12,17-21,26H2,1-3H3,(H,43,48)/t31-/m0/s1. The Labute approximate surface area is 317 Å². The monoisotopic (exact) mass is 754 g/mol. The molecule has 3 fully saturated rings. The fourth-order valence-electron chi connectivity index (χ4n) is 9.22. The maximum Gasteiger partial charge on any atom is 0.304 e. The fourth-order valence-corrected chi connectivity index (χ4v) is 10.3. The van der Waals surface area contributed by atoms with Crippen molar-refractivity contribution in [1.29, 1.82) is 0 Å². The Hall–Kier alpha value is -4.46. The zero-order chi connectivity index (χ0) is 37.6. The van der Waals surface area contributed by atoms with Crippen molar-refractivity contribution in [1.82, 2.24) is 28.3 Å². The summed E-state index contributed by atoms with van der Waals surface area (Å²) in [6.45, 7) is 4.25. The molecule has 8 rings (SSSR count). The molecule has 1 N–H and O–H groups in total. The lowest BCUT2D eigenvalue weighted by atomic mass is 9.81. The normalized spacial score (nSPS) is 19.6. The SMILES string of the molecule is CCC[C@H]1CCCN1C(=O)c1cnn(C)c1C1=Cc2cc(OC)ccc2-c2c(C3CCCCC3)c3ccc(C(=O)NS(=O)(=O)N4CCOCC4)cc3n2C1. The van der Waals surface area contributed by atoms with Gasteiger partial charge in [0.1, 0.15) is 5.75 Å². The second-order valence-corrected chi connectivity index (χ2v) is 16.8. The van der Waals surface area contributed by atoms with Crippen LogP contribution in [0.15, 0.2) is 42.6 Å². The van der Waals surface area contributed by atoms with E-state index < -0.39 is 16.1 Å². The molecule has 286 valence electrons. The van der Waals surface area contributed by atoms with Gasteiger partial charge in [0.25, 0.3) is 11.8 Å². The smallest absolute Gasteiger partial charge is 0.304 e. The van der Waals surface area contributed by atoms with E-state index in [0.29, 0.717) is 18.0 Å². The predicted octanol–water partition coefficient (Wildman–Crippen LogP) is 6.36. The van der Waals surface area contributed by atoms with E-state index in [0.717, 1.165) is 103 Å². The first-order valence-electron chi connectivity index (χ1n) is 19.5. The van der Waals surface area contributed by atoms with Crippen molar-refractivity contribution in [3.63, 3.8) is 0 Å². The number of hydrogen-bond donors (Lipinski definition) is 1. The van der Waals surface area contributed by atoms with Crippen LogP contribution in [-0.4, -0.2) is 89.8 Å². The highest BCUT2D eigenvalue weighted by Crippen LogP contribution is 2.48. The van der Waals surface area contributed by atoms with Gasteiger partial charge in [-0.25, -0.2) is 4.72 Å². The minimum Gasteiger partial charge on any atom is -0.497 e. The van der Waals surface area contributed by atoms with Crippen LogP contribution in [0.2, 0.25) is 0 Å². The molecule has 2 amide bonds. The van der Waals surface area contributed by atoms with Gasteiger partial charge in [0, 0.05) is 54.8 Å². The van der Waals surface area contributed by atoms with E-state index in [4.69, 9.17) is 9.47 Å². The van der Waals surface area contributed by atoms with Gasteiger partial charge in [0.2, 0.25) is 0 Å². The molecule has 1 aliphatic carbocycles. The molecular formula is C41H50N6O6S. The molecule has 13 heteroatoms. The van der Waals surface area contributed by atoms with Crippen molar-refractivity contribution >= 4 is 44.6 Å². The number of fused-ring (bicyclic) bond motifs is 5. The predicted molar refractivity (Wildman–Crippen MR) is 209 cm³/mol. The molecule has 54 heavy (non-hydrogen) atoms. The molecule has 12 nitrogen and oxygen atoms in total. The number of methoxy groups -OCH3 is 1. The summed E-state index contributed by atoms with van der Waals surface area (Å²) in [5.74, 6) is 0.370. The van der Waals surface area contributed by atoms with Crippen LogP contribution < -0.4 is 9.46 Å². The summed E-state index contributed by atoms with van der Waals surface area (Å²) < 4.78 is 45.2.